The molecule has 66 valence electrons. The largest absolute Gasteiger partial charge is 0.398 e. The van der Waals surface area contributed by atoms with Gasteiger partial charge in [0.15, 0.2) is 0 Å². The van der Waals surface area contributed by atoms with Crippen molar-refractivity contribution in [1.29, 1.82) is 5.41 Å². The normalized spacial score (nSPS) is 22.7. The van der Waals surface area contributed by atoms with Crippen LogP contribution in [0.25, 0.3) is 0 Å². The van der Waals surface area contributed by atoms with Gasteiger partial charge in [0.05, 0.1) is 0 Å². The van der Waals surface area contributed by atoms with E-state index in [2.05, 4.69) is 13.8 Å². The highest BCUT2D eigenvalue weighted by Crippen LogP contribution is 2.34. The van der Waals surface area contributed by atoms with Crippen molar-refractivity contribution in [2.24, 2.45) is 11.1 Å². The number of rotatable bonds is 0. The molecule has 0 heterocycles. The molecule has 1 rings (SSSR count). The van der Waals surface area contributed by atoms with Gasteiger partial charge in [0.1, 0.15) is 0 Å². The first-order valence-electron chi connectivity index (χ1n) is 4.12. The van der Waals surface area contributed by atoms with Gasteiger partial charge in [-0.2, -0.15) is 0 Å². The van der Waals surface area contributed by atoms with E-state index in [4.69, 9.17) is 11.1 Å². The Hall–Kier alpha value is -1.05. The van der Waals surface area contributed by atoms with Crippen LogP contribution in [0.2, 0.25) is 0 Å². The molecule has 0 spiro atoms. The molecule has 0 amide bonds. The topological polar surface area (TPSA) is 49.9 Å². The van der Waals surface area contributed by atoms with Crippen molar-refractivity contribution >= 4 is 5.71 Å². The van der Waals surface area contributed by atoms with Gasteiger partial charge in [-0.05, 0) is 25.5 Å². The second kappa shape index (κ2) is 2.47. The third-order valence-electron chi connectivity index (χ3n) is 2.79. The van der Waals surface area contributed by atoms with E-state index in [0.29, 0.717) is 5.71 Å². The van der Waals surface area contributed by atoms with Gasteiger partial charge < -0.3 is 11.1 Å². The monoisotopic (exact) mass is 164 g/mol. The predicted octanol–water partition coefficient (Wildman–Crippen LogP) is 2.22. The molecule has 1 aliphatic carbocycles. The van der Waals surface area contributed by atoms with Crippen LogP contribution < -0.4 is 5.73 Å². The zero-order valence-corrected chi connectivity index (χ0v) is 8.15. The van der Waals surface area contributed by atoms with Crippen LogP contribution in [0, 0.1) is 10.8 Å². The lowest BCUT2D eigenvalue weighted by atomic mass is 9.74. The van der Waals surface area contributed by atoms with E-state index >= 15 is 0 Å². The summed E-state index contributed by atoms with van der Waals surface area (Å²) in [6, 6.07) is 0. The summed E-state index contributed by atoms with van der Waals surface area (Å²) in [6.07, 6.45) is 1.97. The summed E-state index contributed by atoms with van der Waals surface area (Å²) in [7, 11) is 0. The molecule has 0 atom stereocenters. The molecule has 0 saturated heterocycles. The lowest BCUT2D eigenvalue weighted by molar-refractivity contribution is 0.615. The molecule has 0 aromatic carbocycles. The van der Waals surface area contributed by atoms with Crippen LogP contribution in [0.5, 0.6) is 0 Å². The molecule has 3 N–H and O–H groups in total. The van der Waals surface area contributed by atoms with Crippen LogP contribution in [0.4, 0.5) is 0 Å². The van der Waals surface area contributed by atoms with Crippen molar-refractivity contribution < 1.29 is 0 Å². The first kappa shape index (κ1) is 9.04. The van der Waals surface area contributed by atoms with Crippen molar-refractivity contribution in [2.75, 3.05) is 0 Å². The SMILES string of the molecule is CC1=CC(N)=C(C)C(=N)C1(C)C. The van der Waals surface area contributed by atoms with Gasteiger partial charge in [0, 0.05) is 16.8 Å². The number of nitrogens with one attached hydrogen (secondary N) is 1. The van der Waals surface area contributed by atoms with Gasteiger partial charge in [-0.25, -0.2) is 0 Å². The fourth-order valence-electron chi connectivity index (χ4n) is 1.33. The second-order valence-electron chi connectivity index (χ2n) is 3.91. The van der Waals surface area contributed by atoms with Gasteiger partial charge in [0.2, 0.25) is 0 Å². The number of nitrogens with two attached hydrogens (primary N) is 1. The highest BCUT2D eigenvalue weighted by molar-refractivity contribution is 6.05. The fraction of sp³-hybridized carbons (Fsp3) is 0.500. The molecule has 12 heavy (non-hydrogen) atoms. The standard InChI is InChI=1S/C10H16N2/c1-6-5-8(11)7(2)9(12)10(6,3)4/h5,12H,11H2,1-4H3. The summed E-state index contributed by atoms with van der Waals surface area (Å²) in [5.74, 6) is 0. The van der Waals surface area contributed by atoms with E-state index in [1.54, 1.807) is 0 Å². The lowest BCUT2D eigenvalue weighted by Gasteiger charge is -2.31. The van der Waals surface area contributed by atoms with E-state index in [0.717, 1.165) is 16.8 Å². The fourth-order valence-corrected chi connectivity index (χ4v) is 1.33. The average Bonchev–Trinajstić information content (AvgIpc) is 1.99. The number of allylic oxidation sites excluding steroid dienone is 3. The van der Waals surface area contributed by atoms with Crippen LogP contribution >= 0.6 is 0 Å². The summed E-state index contributed by atoms with van der Waals surface area (Å²) < 4.78 is 0. The molecule has 0 fully saturated rings. The predicted molar refractivity (Wildman–Crippen MR) is 52.2 cm³/mol. The zero-order chi connectivity index (χ0) is 9.52. The molecule has 0 saturated carbocycles. The minimum atomic E-state index is -0.146. The quantitative estimate of drug-likeness (QED) is 0.566. The maximum absolute atomic E-state index is 7.88. The van der Waals surface area contributed by atoms with E-state index < -0.39 is 0 Å². The zero-order valence-electron chi connectivity index (χ0n) is 8.15. The van der Waals surface area contributed by atoms with Crippen molar-refractivity contribution in [3.8, 4) is 0 Å². The van der Waals surface area contributed by atoms with Crippen LogP contribution in [0.1, 0.15) is 27.7 Å². The summed E-state index contributed by atoms with van der Waals surface area (Å²) in [4.78, 5) is 0. The first-order chi connectivity index (χ1) is 5.37. The Kier molecular flexibility index (Phi) is 1.86. The van der Waals surface area contributed by atoms with Crippen LogP contribution in [-0.4, -0.2) is 5.71 Å². The molecule has 0 aromatic heterocycles. The smallest absolute Gasteiger partial charge is 0.0460 e. The minimum Gasteiger partial charge on any atom is -0.398 e. The number of hydrogen-bond acceptors (Lipinski definition) is 2. The van der Waals surface area contributed by atoms with Crippen LogP contribution in [0.15, 0.2) is 22.9 Å². The summed E-state index contributed by atoms with van der Waals surface area (Å²) >= 11 is 0. The lowest BCUT2D eigenvalue weighted by Crippen LogP contribution is -2.30. The van der Waals surface area contributed by atoms with E-state index in [1.807, 2.05) is 19.9 Å². The van der Waals surface area contributed by atoms with Gasteiger partial charge in [0.25, 0.3) is 0 Å². The molecule has 0 radical (unpaired) electrons. The maximum atomic E-state index is 7.88. The Morgan fingerprint density at radius 1 is 1.33 bits per heavy atom. The van der Waals surface area contributed by atoms with Crippen molar-refractivity contribution in [2.45, 2.75) is 27.7 Å². The molecule has 0 unspecified atom stereocenters. The highest BCUT2D eigenvalue weighted by Gasteiger charge is 2.30. The van der Waals surface area contributed by atoms with Crippen molar-refractivity contribution in [3.05, 3.63) is 22.9 Å². The van der Waals surface area contributed by atoms with Gasteiger partial charge in [-0.1, -0.05) is 19.4 Å². The van der Waals surface area contributed by atoms with Gasteiger partial charge in [-0.15, -0.1) is 0 Å². The second-order valence-corrected chi connectivity index (χ2v) is 3.91. The third kappa shape index (κ3) is 1.07. The van der Waals surface area contributed by atoms with E-state index in [-0.39, 0.29) is 5.41 Å². The highest BCUT2D eigenvalue weighted by atomic mass is 14.6. The Bertz CT molecular complexity index is 289. The molecule has 0 aromatic rings. The first-order valence-corrected chi connectivity index (χ1v) is 4.12. The summed E-state index contributed by atoms with van der Waals surface area (Å²) in [5.41, 5.74) is 9.04. The van der Waals surface area contributed by atoms with E-state index in [9.17, 15) is 0 Å². The molecule has 0 bridgehead atoms. The Morgan fingerprint density at radius 2 is 1.83 bits per heavy atom. The van der Waals surface area contributed by atoms with E-state index in [1.165, 1.54) is 0 Å². The maximum Gasteiger partial charge on any atom is 0.0460 e. The number of hydrogen-bond donors (Lipinski definition) is 2. The Balaban J connectivity index is 3.25. The van der Waals surface area contributed by atoms with Crippen LogP contribution in [0.3, 0.4) is 0 Å². The molecule has 2 nitrogen and oxygen atoms in total. The van der Waals surface area contributed by atoms with Crippen molar-refractivity contribution in [3.63, 3.8) is 0 Å². The third-order valence-corrected chi connectivity index (χ3v) is 2.79. The average molecular weight is 164 g/mol. The van der Waals surface area contributed by atoms with Gasteiger partial charge in [-0.3, -0.25) is 0 Å². The minimum absolute atomic E-state index is 0.146. The molecule has 2 heteroatoms. The molecular weight excluding hydrogens is 148 g/mol. The van der Waals surface area contributed by atoms with Crippen molar-refractivity contribution in [1.82, 2.24) is 0 Å². The Labute approximate surface area is 73.7 Å². The van der Waals surface area contributed by atoms with Gasteiger partial charge >= 0.3 is 0 Å². The van der Waals surface area contributed by atoms with Crippen LogP contribution in [-0.2, 0) is 0 Å². The Morgan fingerprint density at radius 3 is 2.33 bits per heavy atom. The molecule has 1 aliphatic rings. The summed E-state index contributed by atoms with van der Waals surface area (Å²) in [6.45, 7) is 8.03. The molecular formula is C10H16N2. The molecule has 0 aliphatic heterocycles. The summed E-state index contributed by atoms with van der Waals surface area (Å²) in [5, 5.41) is 7.88.